The number of nitrogens with zero attached hydrogens (tertiary/aromatic N) is 4. The maximum atomic E-state index is 12.8. The van der Waals surface area contributed by atoms with E-state index in [1.165, 1.54) is 10.7 Å². The lowest BCUT2D eigenvalue weighted by atomic mass is 10.2. The van der Waals surface area contributed by atoms with Gasteiger partial charge in [-0.1, -0.05) is 6.07 Å². The summed E-state index contributed by atoms with van der Waals surface area (Å²) in [6.07, 6.45) is 3.62. The first-order chi connectivity index (χ1) is 11.4. The standard InChI is InChI=1S/C16H14F3N5/c1-11(15-9-20-5-6-21-15)23-13-8-22-24(10-13)14-4-2-3-12(7-14)16(17,18)19/h2-11,23H,1H3/t11-/m1/s1. The summed E-state index contributed by atoms with van der Waals surface area (Å²) in [5.74, 6) is 0. The van der Waals surface area contributed by atoms with E-state index >= 15 is 0 Å². The molecular weight excluding hydrogens is 319 g/mol. The quantitative estimate of drug-likeness (QED) is 0.788. The van der Waals surface area contributed by atoms with Crippen LogP contribution < -0.4 is 5.32 Å². The first-order valence-corrected chi connectivity index (χ1v) is 7.18. The zero-order valence-electron chi connectivity index (χ0n) is 12.7. The largest absolute Gasteiger partial charge is 0.416 e. The molecule has 1 atom stereocenters. The van der Waals surface area contributed by atoms with E-state index in [9.17, 15) is 13.2 Å². The molecule has 0 radical (unpaired) electrons. The van der Waals surface area contributed by atoms with Gasteiger partial charge in [0.25, 0.3) is 0 Å². The van der Waals surface area contributed by atoms with Crippen LogP contribution in [0.5, 0.6) is 0 Å². The Morgan fingerprint density at radius 3 is 2.71 bits per heavy atom. The van der Waals surface area contributed by atoms with Crippen molar-refractivity contribution in [3.8, 4) is 5.69 Å². The molecule has 0 fully saturated rings. The summed E-state index contributed by atoms with van der Waals surface area (Å²) in [7, 11) is 0. The summed E-state index contributed by atoms with van der Waals surface area (Å²) in [5.41, 5.74) is 1.05. The second-order valence-corrected chi connectivity index (χ2v) is 5.22. The third-order valence-corrected chi connectivity index (χ3v) is 3.43. The second-order valence-electron chi connectivity index (χ2n) is 5.22. The predicted molar refractivity (Wildman–Crippen MR) is 82.6 cm³/mol. The van der Waals surface area contributed by atoms with E-state index < -0.39 is 11.7 Å². The fourth-order valence-electron chi connectivity index (χ4n) is 2.22. The van der Waals surface area contributed by atoms with Crippen LogP contribution in [-0.4, -0.2) is 19.7 Å². The summed E-state index contributed by atoms with van der Waals surface area (Å²) in [6, 6.07) is 4.90. The highest BCUT2D eigenvalue weighted by atomic mass is 19.4. The first-order valence-electron chi connectivity index (χ1n) is 7.18. The Kier molecular flexibility index (Phi) is 4.20. The number of alkyl halides is 3. The van der Waals surface area contributed by atoms with Gasteiger partial charge in [0.05, 0.1) is 47.3 Å². The highest BCUT2D eigenvalue weighted by Gasteiger charge is 2.30. The summed E-state index contributed by atoms with van der Waals surface area (Å²) < 4.78 is 39.8. The van der Waals surface area contributed by atoms with E-state index in [0.717, 1.165) is 17.8 Å². The molecule has 0 saturated carbocycles. The first kappa shape index (κ1) is 16.0. The molecule has 0 bridgehead atoms. The molecule has 2 aromatic heterocycles. The number of hydrogen-bond donors (Lipinski definition) is 1. The van der Waals surface area contributed by atoms with E-state index in [4.69, 9.17) is 0 Å². The molecule has 3 aromatic rings. The molecule has 0 aliphatic carbocycles. The Morgan fingerprint density at radius 2 is 2.00 bits per heavy atom. The summed E-state index contributed by atoms with van der Waals surface area (Å²) in [4.78, 5) is 8.20. The summed E-state index contributed by atoms with van der Waals surface area (Å²) in [5, 5.41) is 7.29. The number of benzene rings is 1. The van der Waals surface area contributed by atoms with Crippen LogP contribution in [0.1, 0.15) is 24.2 Å². The summed E-state index contributed by atoms with van der Waals surface area (Å²) in [6.45, 7) is 1.91. The van der Waals surface area contributed by atoms with Gasteiger partial charge in [0, 0.05) is 12.4 Å². The van der Waals surface area contributed by atoms with Gasteiger partial charge in [-0.05, 0) is 25.1 Å². The third kappa shape index (κ3) is 3.53. The maximum Gasteiger partial charge on any atom is 0.416 e. The minimum absolute atomic E-state index is 0.113. The molecule has 0 unspecified atom stereocenters. The van der Waals surface area contributed by atoms with E-state index in [2.05, 4.69) is 20.4 Å². The van der Waals surface area contributed by atoms with Gasteiger partial charge in [-0.15, -0.1) is 0 Å². The van der Waals surface area contributed by atoms with Crippen molar-refractivity contribution in [2.24, 2.45) is 0 Å². The lowest BCUT2D eigenvalue weighted by Crippen LogP contribution is -2.08. The molecule has 0 spiro atoms. The molecule has 1 N–H and O–H groups in total. The summed E-state index contributed by atoms with van der Waals surface area (Å²) >= 11 is 0. The average Bonchev–Trinajstić information content (AvgIpc) is 3.03. The van der Waals surface area contributed by atoms with Crippen molar-refractivity contribution in [1.82, 2.24) is 19.7 Å². The van der Waals surface area contributed by atoms with Crippen LogP contribution in [0.25, 0.3) is 5.69 Å². The van der Waals surface area contributed by atoms with Gasteiger partial charge >= 0.3 is 6.18 Å². The van der Waals surface area contributed by atoms with E-state index in [0.29, 0.717) is 11.4 Å². The van der Waals surface area contributed by atoms with Crippen molar-refractivity contribution in [2.45, 2.75) is 19.1 Å². The smallest absolute Gasteiger partial charge is 0.374 e. The molecular formula is C16H14F3N5. The monoisotopic (exact) mass is 333 g/mol. The number of rotatable bonds is 4. The van der Waals surface area contributed by atoms with Gasteiger partial charge in [0.2, 0.25) is 0 Å². The van der Waals surface area contributed by atoms with Gasteiger partial charge in [0.15, 0.2) is 0 Å². The van der Waals surface area contributed by atoms with Crippen molar-refractivity contribution in [1.29, 1.82) is 0 Å². The Labute approximate surface area is 136 Å². The number of halogens is 3. The highest BCUT2D eigenvalue weighted by molar-refractivity contribution is 5.45. The molecule has 2 heterocycles. The highest BCUT2D eigenvalue weighted by Crippen LogP contribution is 2.30. The third-order valence-electron chi connectivity index (χ3n) is 3.43. The number of nitrogens with one attached hydrogen (secondary N) is 1. The van der Waals surface area contributed by atoms with Gasteiger partial charge in [-0.3, -0.25) is 9.97 Å². The zero-order chi connectivity index (χ0) is 17.2. The SMILES string of the molecule is C[C@@H](Nc1cnn(-c2cccc(C(F)(F)F)c2)c1)c1cnccn1. The van der Waals surface area contributed by atoms with Crippen LogP contribution >= 0.6 is 0 Å². The normalized spacial score (nSPS) is 12.8. The number of hydrogen-bond acceptors (Lipinski definition) is 4. The van der Waals surface area contributed by atoms with Crippen LogP contribution in [0.3, 0.4) is 0 Å². The molecule has 1 aromatic carbocycles. The van der Waals surface area contributed by atoms with Gasteiger partial charge in [0.1, 0.15) is 0 Å². The Hall–Kier alpha value is -2.90. The number of anilines is 1. The van der Waals surface area contributed by atoms with Gasteiger partial charge < -0.3 is 5.32 Å². The van der Waals surface area contributed by atoms with Crippen molar-refractivity contribution >= 4 is 5.69 Å². The van der Waals surface area contributed by atoms with Crippen LogP contribution in [0, 0.1) is 0 Å². The van der Waals surface area contributed by atoms with Crippen LogP contribution in [-0.2, 0) is 6.18 Å². The molecule has 8 heteroatoms. The molecule has 0 amide bonds. The van der Waals surface area contributed by atoms with Crippen molar-refractivity contribution < 1.29 is 13.2 Å². The fraction of sp³-hybridized carbons (Fsp3) is 0.188. The zero-order valence-corrected chi connectivity index (χ0v) is 12.7. The molecule has 3 rings (SSSR count). The van der Waals surface area contributed by atoms with Crippen molar-refractivity contribution in [3.63, 3.8) is 0 Å². The van der Waals surface area contributed by atoms with E-state index in [1.807, 2.05) is 6.92 Å². The Balaban J connectivity index is 1.79. The van der Waals surface area contributed by atoms with Crippen molar-refractivity contribution in [3.05, 3.63) is 66.5 Å². The molecule has 0 saturated heterocycles. The second kappa shape index (κ2) is 6.31. The molecule has 124 valence electrons. The minimum Gasteiger partial charge on any atom is -0.374 e. The lowest BCUT2D eigenvalue weighted by molar-refractivity contribution is -0.137. The van der Waals surface area contributed by atoms with Crippen LogP contribution in [0.15, 0.2) is 55.2 Å². The van der Waals surface area contributed by atoms with Gasteiger partial charge in [-0.25, -0.2) is 4.68 Å². The molecule has 5 nitrogen and oxygen atoms in total. The number of aromatic nitrogens is 4. The predicted octanol–water partition coefficient (Wildman–Crippen LogP) is 3.85. The molecule has 0 aliphatic rings. The van der Waals surface area contributed by atoms with E-state index in [-0.39, 0.29) is 6.04 Å². The topological polar surface area (TPSA) is 55.6 Å². The average molecular weight is 333 g/mol. The van der Waals surface area contributed by atoms with Gasteiger partial charge in [-0.2, -0.15) is 18.3 Å². The van der Waals surface area contributed by atoms with Crippen LogP contribution in [0.4, 0.5) is 18.9 Å². The lowest BCUT2D eigenvalue weighted by Gasteiger charge is -2.12. The van der Waals surface area contributed by atoms with Crippen LogP contribution in [0.2, 0.25) is 0 Å². The Morgan fingerprint density at radius 1 is 1.17 bits per heavy atom. The molecule has 0 aliphatic heterocycles. The van der Waals surface area contributed by atoms with Crippen molar-refractivity contribution in [2.75, 3.05) is 5.32 Å². The fourth-order valence-corrected chi connectivity index (χ4v) is 2.22. The van der Waals surface area contributed by atoms with E-state index in [1.54, 1.807) is 37.1 Å². The molecule has 24 heavy (non-hydrogen) atoms. The minimum atomic E-state index is -4.38. The maximum absolute atomic E-state index is 12.8. The Bertz CT molecular complexity index is 814.